The molecule has 2 unspecified atom stereocenters. The molecular formula is C20H35Cl2N3O2. The molecule has 1 fully saturated rings. The number of nitrogens with zero attached hydrogens (tertiary/aromatic N) is 1. The van der Waals surface area contributed by atoms with Crippen LogP contribution in [-0.2, 0) is 4.79 Å². The Morgan fingerprint density at radius 1 is 1.37 bits per heavy atom. The number of likely N-dealkylation sites (N-methyl/N-ethyl adjacent to an activating group) is 1. The molecule has 0 bridgehead atoms. The summed E-state index contributed by atoms with van der Waals surface area (Å²) in [5.74, 6) is 1.80. The highest BCUT2D eigenvalue weighted by Gasteiger charge is 2.22. The van der Waals surface area contributed by atoms with E-state index in [4.69, 9.17) is 4.74 Å². The fourth-order valence-electron chi connectivity index (χ4n) is 3.22. The quantitative estimate of drug-likeness (QED) is 0.673. The number of hydrogen-bond donors (Lipinski definition) is 2. The molecule has 1 aromatic rings. The Morgan fingerprint density at radius 3 is 2.74 bits per heavy atom. The summed E-state index contributed by atoms with van der Waals surface area (Å²) < 4.78 is 5.88. The number of anilines is 1. The lowest BCUT2D eigenvalue weighted by Crippen LogP contribution is -2.34. The van der Waals surface area contributed by atoms with Gasteiger partial charge in [-0.15, -0.1) is 24.8 Å². The van der Waals surface area contributed by atoms with Gasteiger partial charge < -0.3 is 20.3 Å². The van der Waals surface area contributed by atoms with E-state index in [2.05, 4.69) is 22.5 Å². The van der Waals surface area contributed by atoms with Crippen molar-refractivity contribution in [2.75, 3.05) is 45.7 Å². The molecule has 1 heterocycles. The second-order valence-electron chi connectivity index (χ2n) is 7.49. The normalized spacial score (nSPS) is 17.4. The van der Waals surface area contributed by atoms with Gasteiger partial charge in [0, 0.05) is 13.0 Å². The monoisotopic (exact) mass is 419 g/mol. The van der Waals surface area contributed by atoms with Gasteiger partial charge in [0.05, 0.1) is 5.69 Å². The zero-order chi connectivity index (χ0) is 18.2. The van der Waals surface area contributed by atoms with Crippen LogP contribution in [0.15, 0.2) is 18.2 Å². The summed E-state index contributed by atoms with van der Waals surface area (Å²) in [4.78, 5) is 14.6. The number of carbonyl (C=O) groups is 1. The molecule has 2 N–H and O–H groups in total. The molecule has 0 aromatic heterocycles. The number of piperidine rings is 1. The van der Waals surface area contributed by atoms with Gasteiger partial charge in [-0.3, -0.25) is 4.79 Å². The molecule has 1 aromatic carbocycles. The minimum absolute atomic E-state index is 0. The van der Waals surface area contributed by atoms with Crippen LogP contribution in [0.4, 0.5) is 5.69 Å². The first-order chi connectivity index (χ1) is 12.0. The van der Waals surface area contributed by atoms with E-state index >= 15 is 0 Å². The maximum atomic E-state index is 12.5. The van der Waals surface area contributed by atoms with Gasteiger partial charge in [0.15, 0.2) is 0 Å². The van der Waals surface area contributed by atoms with E-state index in [1.165, 1.54) is 12.8 Å². The standard InChI is InChI=1S/C20H33N3O2.2ClH/c1-15-7-8-18(19(12-15)25-11-10-23(3)4)22-20(24)13-16(2)17-6-5-9-21-14-17;;/h7-8,12,16-17,21H,5-6,9-11,13-14H2,1-4H3,(H,22,24);2*1H. The van der Waals surface area contributed by atoms with Crippen LogP contribution in [0.5, 0.6) is 5.75 Å². The molecule has 0 saturated carbocycles. The lowest BCUT2D eigenvalue weighted by atomic mass is 9.85. The van der Waals surface area contributed by atoms with Crippen LogP contribution >= 0.6 is 24.8 Å². The molecule has 2 atom stereocenters. The Labute approximate surface area is 176 Å². The van der Waals surface area contributed by atoms with Crippen molar-refractivity contribution in [2.24, 2.45) is 11.8 Å². The Bertz CT molecular complexity index is 564. The van der Waals surface area contributed by atoms with Gasteiger partial charge in [0.25, 0.3) is 0 Å². The number of aryl methyl sites for hydroxylation is 1. The van der Waals surface area contributed by atoms with Crippen molar-refractivity contribution in [3.8, 4) is 5.75 Å². The molecule has 0 spiro atoms. The predicted octanol–water partition coefficient (Wildman–Crippen LogP) is 3.74. The van der Waals surface area contributed by atoms with Crippen LogP contribution in [0.3, 0.4) is 0 Å². The van der Waals surface area contributed by atoms with Crippen molar-refractivity contribution in [1.29, 1.82) is 0 Å². The van der Waals surface area contributed by atoms with E-state index in [0.29, 0.717) is 24.9 Å². The van der Waals surface area contributed by atoms with Crippen molar-refractivity contribution < 1.29 is 9.53 Å². The number of benzene rings is 1. The topological polar surface area (TPSA) is 53.6 Å². The first-order valence-electron chi connectivity index (χ1n) is 9.34. The summed E-state index contributed by atoms with van der Waals surface area (Å²) in [5, 5.41) is 6.48. The highest BCUT2D eigenvalue weighted by molar-refractivity contribution is 5.92. The van der Waals surface area contributed by atoms with E-state index in [1.54, 1.807) is 0 Å². The number of ether oxygens (including phenoxy) is 1. The molecule has 1 saturated heterocycles. The van der Waals surface area contributed by atoms with Crippen molar-refractivity contribution in [2.45, 2.75) is 33.1 Å². The second kappa shape index (κ2) is 13.2. The molecule has 156 valence electrons. The number of amides is 1. The lowest BCUT2D eigenvalue weighted by Gasteiger charge is -2.28. The average Bonchev–Trinajstić information content (AvgIpc) is 2.57. The zero-order valence-electron chi connectivity index (χ0n) is 16.9. The molecule has 5 nitrogen and oxygen atoms in total. The lowest BCUT2D eigenvalue weighted by molar-refractivity contribution is -0.117. The van der Waals surface area contributed by atoms with Gasteiger partial charge in [0.2, 0.25) is 5.91 Å². The smallest absolute Gasteiger partial charge is 0.224 e. The Morgan fingerprint density at radius 2 is 2.11 bits per heavy atom. The molecule has 0 aliphatic carbocycles. The Kier molecular flexibility index (Phi) is 12.7. The maximum absolute atomic E-state index is 12.5. The summed E-state index contributed by atoms with van der Waals surface area (Å²) >= 11 is 0. The van der Waals surface area contributed by atoms with Crippen molar-refractivity contribution in [3.63, 3.8) is 0 Å². The first kappa shape index (κ1) is 26.0. The SMILES string of the molecule is Cc1ccc(NC(=O)CC(C)C2CCCNC2)c(OCCN(C)C)c1.Cl.Cl. The molecule has 0 radical (unpaired) electrons. The minimum Gasteiger partial charge on any atom is -0.490 e. The summed E-state index contributed by atoms with van der Waals surface area (Å²) in [5.41, 5.74) is 1.89. The van der Waals surface area contributed by atoms with Gasteiger partial charge in [-0.1, -0.05) is 13.0 Å². The minimum atomic E-state index is 0. The molecular weight excluding hydrogens is 385 g/mol. The fraction of sp³-hybridized carbons (Fsp3) is 0.650. The van der Waals surface area contributed by atoms with Crippen LogP contribution in [-0.4, -0.2) is 51.1 Å². The van der Waals surface area contributed by atoms with Crippen molar-refractivity contribution >= 4 is 36.4 Å². The summed E-state index contributed by atoms with van der Waals surface area (Å²) in [6, 6.07) is 5.92. The van der Waals surface area contributed by atoms with E-state index in [9.17, 15) is 4.79 Å². The van der Waals surface area contributed by atoms with Crippen LogP contribution < -0.4 is 15.4 Å². The van der Waals surface area contributed by atoms with Crippen LogP contribution in [0.25, 0.3) is 0 Å². The van der Waals surface area contributed by atoms with Gasteiger partial charge >= 0.3 is 0 Å². The molecule has 27 heavy (non-hydrogen) atoms. The van der Waals surface area contributed by atoms with Gasteiger partial charge in [-0.05, 0) is 76.5 Å². The highest BCUT2D eigenvalue weighted by atomic mass is 35.5. The predicted molar refractivity (Wildman–Crippen MR) is 118 cm³/mol. The van der Waals surface area contributed by atoms with Crippen molar-refractivity contribution in [3.05, 3.63) is 23.8 Å². The van der Waals surface area contributed by atoms with Gasteiger partial charge in [-0.2, -0.15) is 0 Å². The van der Waals surface area contributed by atoms with Crippen molar-refractivity contribution in [1.82, 2.24) is 10.2 Å². The van der Waals surface area contributed by atoms with Gasteiger partial charge in [0.1, 0.15) is 12.4 Å². The van der Waals surface area contributed by atoms with Crippen LogP contribution in [0, 0.1) is 18.8 Å². The number of carbonyl (C=O) groups excluding carboxylic acids is 1. The zero-order valence-corrected chi connectivity index (χ0v) is 18.5. The Hall–Kier alpha value is -1.01. The van der Waals surface area contributed by atoms with E-state index in [1.807, 2.05) is 39.2 Å². The summed E-state index contributed by atoms with van der Waals surface area (Å²) in [6.07, 6.45) is 2.97. The molecule has 1 aliphatic rings. The summed E-state index contributed by atoms with van der Waals surface area (Å²) in [7, 11) is 4.04. The number of halogens is 2. The van der Waals surface area contributed by atoms with E-state index < -0.39 is 0 Å². The largest absolute Gasteiger partial charge is 0.490 e. The van der Waals surface area contributed by atoms with E-state index in [-0.39, 0.29) is 30.7 Å². The fourth-order valence-corrected chi connectivity index (χ4v) is 3.22. The molecule has 1 aliphatic heterocycles. The molecule has 2 rings (SSSR count). The average molecular weight is 420 g/mol. The molecule has 7 heteroatoms. The van der Waals surface area contributed by atoms with Crippen LogP contribution in [0.1, 0.15) is 31.7 Å². The molecule has 1 amide bonds. The highest BCUT2D eigenvalue weighted by Crippen LogP contribution is 2.27. The number of rotatable bonds is 8. The number of nitrogens with one attached hydrogen (secondary N) is 2. The first-order valence-corrected chi connectivity index (χ1v) is 9.34. The third-order valence-electron chi connectivity index (χ3n) is 4.85. The Balaban J connectivity index is 0.00000338. The summed E-state index contributed by atoms with van der Waals surface area (Å²) in [6.45, 7) is 7.78. The number of hydrogen-bond acceptors (Lipinski definition) is 4. The van der Waals surface area contributed by atoms with E-state index in [0.717, 1.165) is 36.6 Å². The second-order valence-corrected chi connectivity index (χ2v) is 7.49. The maximum Gasteiger partial charge on any atom is 0.224 e. The van der Waals surface area contributed by atoms with Crippen LogP contribution in [0.2, 0.25) is 0 Å². The third-order valence-corrected chi connectivity index (χ3v) is 4.85. The van der Waals surface area contributed by atoms with Gasteiger partial charge in [-0.25, -0.2) is 0 Å². The third kappa shape index (κ3) is 9.15.